The van der Waals surface area contributed by atoms with Crippen molar-refractivity contribution in [2.45, 2.75) is 32.5 Å². The average Bonchev–Trinajstić information content (AvgIpc) is 3.05. The Bertz CT molecular complexity index is 705. The first-order chi connectivity index (χ1) is 10.5. The standard InChI is InChI=1S/C16H16N2O4/c1-10-8-17-18(9-10)13-5-3-12(4-6-13)15(19)22-14-7-11(2)21-16(14)20/h3-6,8-9,11,14H,7H2,1-2H3. The topological polar surface area (TPSA) is 70.4 Å². The van der Waals surface area contributed by atoms with Crippen LogP contribution in [0, 0.1) is 6.92 Å². The minimum absolute atomic E-state index is 0.212. The monoisotopic (exact) mass is 300 g/mol. The van der Waals surface area contributed by atoms with Gasteiger partial charge in [-0.05, 0) is 43.7 Å². The van der Waals surface area contributed by atoms with Gasteiger partial charge in [0.2, 0.25) is 6.10 Å². The molecule has 6 heteroatoms. The molecular formula is C16H16N2O4. The Balaban J connectivity index is 1.70. The smallest absolute Gasteiger partial charge is 0.347 e. The van der Waals surface area contributed by atoms with Crippen LogP contribution in [0.15, 0.2) is 36.7 Å². The Hall–Kier alpha value is -2.63. The first kappa shape index (κ1) is 14.3. The van der Waals surface area contributed by atoms with Crippen LogP contribution in [0.5, 0.6) is 0 Å². The number of rotatable bonds is 3. The molecule has 0 bridgehead atoms. The van der Waals surface area contributed by atoms with Crippen LogP contribution in [0.2, 0.25) is 0 Å². The molecule has 2 heterocycles. The highest BCUT2D eigenvalue weighted by Crippen LogP contribution is 2.19. The minimum atomic E-state index is -0.809. The van der Waals surface area contributed by atoms with E-state index in [9.17, 15) is 9.59 Å². The molecule has 2 atom stereocenters. The summed E-state index contributed by atoms with van der Waals surface area (Å²) >= 11 is 0. The summed E-state index contributed by atoms with van der Waals surface area (Å²) in [6.07, 6.45) is 3.03. The number of aryl methyl sites for hydroxylation is 1. The number of carbonyl (C=O) groups is 2. The fraction of sp³-hybridized carbons (Fsp3) is 0.312. The maximum absolute atomic E-state index is 12.1. The fourth-order valence-electron chi connectivity index (χ4n) is 2.32. The zero-order chi connectivity index (χ0) is 15.7. The molecule has 6 nitrogen and oxygen atoms in total. The lowest BCUT2D eigenvalue weighted by atomic mass is 10.2. The number of aromatic nitrogens is 2. The van der Waals surface area contributed by atoms with Crippen LogP contribution in [0.1, 0.15) is 29.3 Å². The second kappa shape index (κ2) is 5.63. The van der Waals surface area contributed by atoms with Crippen LogP contribution in [-0.2, 0) is 14.3 Å². The van der Waals surface area contributed by atoms with E-state index in [0.717, 1.165) is 11.3 Å². The molecular weight excluding hydrogens is 284 g/mol. The second-order valence-corrected chi connectivity index (χ2v) is 5.39. The molecule has 3 rings (SSSR count). The van der Waals surface area contributed by atoms with Crippen LogP contribution in [0.3, 0.4) is 0 Å². The van der Waals surface area contributed by atoms with Gasteiger partial charge in [-0.1, -0.05) is 0 Å². The van der Waals surface area contributed by atoms with Crippen molar-refractivity contribution >= 4 is 11.9 Å². The van der Waals surface area contributed by atoms with E-state index >= 15 is 0 Å². The highest BCUT2D eigenvalue weighted by atomic mass is 16.6. The zero-order valence-electron chi connectivity index (χ0n) is 12.4. The number of nitrogens with zero attached hydrogens (tertiary/aromatic N) is 2. The molecule has 1 aliphatic heterocycles. The van der Waals surface area contributed by atoms with Crippen LogP contribution in [0.4, 0.5) is 0 Å². The lowest BCUT2D eigenvalue weighted by molar-refractivity contribution is -0.147. The average molecular weight is 300 g/mol. The van der Waals surface area contributed by atoms with E-state index < -0.39 is 18.0 Å². The maximum Gasteiger partial charge on any atom is 0.347 e. The third-order valence-corrected chi connectivity index (χ3v) is 3.45. The number of benzene rings is 1. The lowest BCUT2D eigenvalue weighted by Gasteiger charge is -2.09. The number of esters is 2. The lowest BCUT2D eigenvalue weighted by Crippen LogP contribution is -2.22. The van der Waals surface area contributed by atoms with Gasteiger partial charge >= 0.3 is 11.9 Å². The number of carbonyl (C=O) groups excluding carboxylic acids is 2. The SMILES string of the molecule is Cc1cnn(-c2ccc(C(=O)OC3CC(C)OC3=O)cc2)c1. The van der Waals surface area contributed by atoms with Crippen molar-refractivity contribution in [3.63, 3.8) is 0 Å². The number of cyclic esters (lactones) is 1. The van der Waals surface area contributed by atoms with Crippen molar-refractivity contribution in [3.8, 4) is 5.69 Å². The summed E-state index contributed by atoms with van der Waals surface area (Å²) in [6, 6.07) is 6.86. The molecule has 0 aliphatic carbocycles. The number of ether oxygens (including phenoxy) is 2. The van der Waals surface area contributed by atoms with Gasteiger partial charge in [0.15, 0.2) is 0 Å². The van der Waals surface area contributed by atoms with E-state index in [1.165, 1.54) is 0 Å². The van der Waals surface area contributed by atoms with Crippen molar-refractivity contribution in [2.75, 3.05) is 0 Å². The molecule has 1 saturated heterocycles. The molecule has 2 aromatic rings. The number of hydrogen-bond donors (Lipinski definition) is 0. The Labute approximate surface area is 127 Å². The molecule has 114 valence electrons. The summed E-state index contributed by atoms with van der Waals surface area (Å²) in [4.78, 5) is 23.5. The second-order valence-electron chi connectivity index (χ2n) is 5.39. The first-order valence-electron chi connectivity index (χ1n) is 7.06. The van der Waals surface area contributed by atoms with Crippen LogP contribution < -0.4 is 0 Å². The van der Waals surface area contributed by atoms with Gasteiger partial charge in [-0.15, -0.1) is 0 Å². The van der Waals surface area contributed by atoms with Crippen molar-refractivity contribution in [3.05, 3.63) is 47.8 Å². The van der Waals surface area contributed by atoms with Crippen LogP contribution >= 0.6 is 0 Å². The zero-order valence-corrected chi connectivity index (χ0v) is 12.4. The molecule has 2 unspecified atom stereocenters. The minimum Gasteiger partial charge on any atom is -0.460 e. The Kier molecular flexibility index (Phi) is 3.66. The molecule has 1 aromatic carbocycles. The number of hydrogen-bond acceptors (Lipinski definition) is 5. The highest BCUT2D eigenvalue weighted by molar-refractivity contribution is 5.92. The van der Waals surface area contributed by atoms with Gasteiger partial charge in [0.1, 0.15) is 6.10 Å². The third kappa shape index (κ3) is 2.86. The summed E-state index contributed by atoms with van der Waals surface area (Å²) in [7, 11) is 0. The van der Waals surface area contributed by atoms with Gasteiger partial charge in [-0.2, -0.15) is 5.10 Å². The Morgan fingerprint density at radius 1 is 1.36 bits per heavy atom. The quantitative estimate of drug-likeness (QED) is 0.811. The van der Waals surface area contributed by atoms with Gasteiger partial charge in [0, 0.05) is 12.6 Å². The highest BCUT2D eigenvalue weighted by Gasteiger charge is 2.35. The van der Waals surface area contributed by atoms with Crippen molar-refractivity contribution in [2.24, 2.45) is 0 Å². The molecule has 0 N–H and O–H groups in total. The van der Waals surface area contributed by atoms with Crippen molar-refractivity contribution in [1.29, 1.82) is 0 Å². The predicted molar refractivity (Wildman–Crippen MR) is 77.7 cm³/mol. The maximum atomic E-state index is 12.1. The molecule has 0 radical (unpaired) electrons. The fourth-order valence-corrected chi connectivity index (χ4v) is 2.32. The van der Waals surface area contributed by atoms with Gasteiger partial charge < -0.3 is 9.47 Å². The summed E-state index contributed by atoms with van der Waals surface area (Å²) in [5, 5.41) is 4.20. The molecule has 1 aliphatic rings. The van der Waals surface area contributed by atoms with E-state index in [1.54, 1.807) is 42.1 Å². The first-order valence-corrected chi connectivity index (χ1v) is 7.06. The Morgan fingerprint density at radius 2 is 2.09 bits per heavy atom. The van der Waals surface area contributed by atoms with Gasteiger partial charge in [-0.25, -0.2) is 14.3 Å². The molecule has 0 amide bonds. The van der Waals surface area contributed by atoms with Crippen LogP contribution in [-0.4, -0.2) is 33.9 Å². The molecule has 22 heavy (non-hydrogen) atoms. The van der Waals surface area contributed by atoms with E-state index in [1.807, 2.05) is 13.1 Å². The van der Waals surface area contributed by atoms with Crippen LogP contribution in [0.25, 0.3) is 5.69 Å². The molecule has 0 saturated carbocycles. The molecule has 1 aromatic heterocycles. The normalized spacial score (nSPS) is 20.7. The third-order valence-electron chi connectivity index (χ3n) is 3.45. The van der Waals surface area contributed by atoms with Gasteiger partial charge in [0.25, 0.3) is 0 Å². The van der Waals surface area contributed by atoms with Crippen molar-refractivity contribution in [1.82, 2.24) is 9.78 Å². The van der Waals surface area contributed by atoms with E-state index in [2.05, 4.69) is 5.10 Å². The van der Waals surface area contributed by atoms with Crippen molar-refractivity contribution < 1.29 is 19.1 Å². The summed E-state index contributed by atoms with van der Waals surface area (Å²) in [5.41, 5.74) is 2.29. The summed E-state index contributed by atoms with van der Waals surface area (Å²) in [5.74, 6) is -1.01. The van der Waals surface area contributed by atoms with E-state index in [0.29, 0.717) is 12.0 Å². The molecule has 0 spiro atoms. The van der Waals surface area contributed by atoms with E-state index in [-0.39, 0.29) is 6.10 Å². The largest absolute Gasteiger partial charge is 0.460 e. The van der Waals surface area contributed by atoms with Gasteiger partial charge in [-0.3, -0.25) is 0 Å². The molecule has 1 fully saturated rings. The summed E-state index contributed by atoms with van der Waals surface area (Å²) in [6.45, 7) is 3.73. The predicted octanol–water partition coefficient (Wildman–Crippen LogP) is 2.04. The van der Waals surface area contributed by atoms with Gasteiger partial charge in [0.05, 0.1) is 17.4 Å². The Morgan fingerprint density at radius 3 is 2.64 bits per heavy atom. The summed E-state index contributed by atoms with van der Waals surface area (Å²) < 4.78 is 11.9. The van der Waals surface area contributed by atoms with E-state index in [4.69, 9.17) is 9.47 Å².